The van der Waals surface area contributed by atoms with Gasteiger partial charge in [-0.15, -0.1) is 0 Å². The van der Waals surface area contributed by atoms with Crippen LogP contribution in [0.25, 0.3) is 5.69 Å². The van der Waals surface area contributed by atoms with Crippen molar-refractivity contribution in [3.05, 3.63) is 82.4 Å². The predicted octanol–water partition coefficient (Wildman–Crippen LogP) is 4.71. The Hall–Kier alpha value is -2.66. The van der Waals surface area contributed by atoms with Gasteiger partial charge in [-0.1, -0.05) is 18.2 Å². The van der Waals surface area contributed by atoms with E-state index in [1.807, 2.05) is 18.3 Å². The molecule has 4 rings (SSSR count). The molecular weight excluding hydrogens is 364 g/mol. The lowest BCUT2D eigenvalue weighted by molar-refractivity contribution is 0.367. The molecule has 3 aromatic rings. The number of aromatic nitrogens is 2. The minimum absolute atomic E-state index is 0.0336. The van der Waals surface area contributed by atoms with E-state index < -0.39 is 0 Å². The zero-order valence-electron chi connectivity index (χ0n) is 17.0. The second-order valence-electron chi connectivity index (χ2n) is 7.69. The summed E-state index contributed by atoms with van der Waals surface area (Å²) in [5, 5.41) is 4.23. The maximum absolute atomic E-state index is 5.59. The van der Waals surface area contributed by atoms with Crippen LogP contribution in [-0.2, 0) is 0 Å². The Labute approximate surface area is 172 Å². The van der Waals surface area contributed by atoms with Crippen molar-refractivity contribution in [2.24, 2.45) is 0 Å². The molecule has 1 aromatic carbocycles. The van der Waals surface area contributed by atoms with Gasteiger partial charge in [0.25, 0.3) is 0 Å². The van der Waals surface area contributed by atoms with Gasteiger partial charge in [0.15, 0.2) is 5.11 Å². The molecule has 0 aliphatic carbocycles. The number of thiocarbonyl (C=S) groups is 1. The zero-order chi connectivity index (χ0) is 20.0. The van der Waals surface area contributed by atoms with Gasteiger partial charge in [-0.25, -0.2) is 0 Å². The Morgan fingerprint density at radius 2 is 1.82 bits per heavy atom. The summed E-state index contributed by atoms with van der Waals surface area (Å²) in [6.45, 7) is 8.69. The molecule has 1 fully saturated rings. The second-order valence-corrected chi connectivity index (χ2v) is 8.08. The van der Waals surface area contributed by atoms with Crippen molar-refractivity contribution in [1.29, 1.82) is 0 Å². The number of aryl methyl sites for hydroxylation is 3. The Bertz CT molecular complexity index is 1040. The fourth-order valence-corrected chi connectivity index (χ4v) is 4.51. The van der Waals surface area contributed by atoms with Crippen LogP contribution in [-0.4, -0.2) is 26.6 Å². The number of rotatable bonds is 3. The third-order valence-electron chi connectivity index (χ3n) is 5.73. The summed E-state index contributed by atoms with van der Waals surface area (Å²) < 4.78 is 2.36. The predicted molar refractivity (Wildman–Crippen MR) is 118 cm³/mol. The summed E-state index contributed by atoms with van der Waals surface area (Å²) >= 11 is 5.59. The molecule has 144 valence electrons. The minimum Gasteiger partial charge on any atom is -0.352 e. The zero-order valence-corrected chi connectivity index (χ0v) is 17.8. The summed E-state index contributed by atoms with van der Waals surface area (Å²) in [6, 6.07) is 15.1. The van der Waals surface area contributed by atoms with Crippen LogP contribution >= 0.6 is 12.2 Å². The van der Waals surface area contributed by atoms with E-state index in [1.165, 1.54) is 33.8 Å². The molecule has 0 bridgehead atoms. The minimum atomic E-state index is 0.0336. The molecule has 1 N–H and O–H groups in total. The normalized spacial score (nSPS) is 19.2. The van der Waals surface area contributed by atoms with Gasteiger partial charge < -0.3 is 14.8 Å². The summed E-state index contributed by atoms with van der Waals surface area (Å²) in [5.74, 6) is 0. The second kappa shape index (κ2) is 7.06. The third-order valence-corrected chi connectivity index (χ3v) is 6.14. The first kappa shape index (κ1) is 18.7. The van der Waals surface area contributed by atoms with Crippen molar-refractivity contribution in [2.45, 2.75) is 39.8 Å². The van der Waals surface area contributed by atoms with Crippen molar-refractivity contribution in [2.75, 3.05) is 7.05 Å². The third kappa shape index (κ3) is 3.00. The van der Waals surface area contributed by atoms with E-state index in [0.29, 0.717) is 0 Å². The molecule has 0 amide bonds. The monoisotopic (exact) mass is 390 g/mol. The molecule has 0 spiro atoms. The molecule has 0 saturated carbocycles. The molecule has 1 saturated heterocycles. The van der Waals surface area contributed by atoms with Crippen LogP contribution in [0.2, 0.25) is 0 Å². The summed E-state index contributed by atoms with van der Waals surface area (Å²) in [7, 11) is 2.06. The van der Waals surface area contributed by atoms with Gasteiger partial charge in [-0.2, -0.15) is 0 Å². The smallest absolute Gasteiger partial charge is 0.169 e. The van der Waals surface area contributed by atoms with Crippen LogP contribution in [0.5, 0.6) is 0 Å². The lowest BCUT2D eigenvalue weighted by Crippen LogP contribution is -2.25. The number of nitrogens with one attached hydrogen (secondary N) is 1. The van der Waals surface area contributed by atoms with Crippen LogP contribution in [0.3, 0.4) is 0 Å². The topological polar surface area (TPSA) is 33.1 Å². The van der Waals surface area contributed by atoms with Gasteiger partial charge in [0.1, 0.15) is 0 Å². The SMILES string of the molecule is Cc1ccc(C)c(-n2c(C)cc([C@H]3[C@@H](c4ccccn4)NC(=S)N3C)c2C)c1. The van der Waals surface area contributed by atoms with Gasteiger partial charge in [0, 0.05) is 30.3 Å². The number of pyridine rings is 1. The van der Waals surface area contributed by atoms with Crippen molar-refractivity contribution in [3.8, 4) is 5.69 Å². The fraction of sp³-hybridized carbons (Fsp3) is 0.304. The highest BCUT2D eigenvalue weighted by atomic mass is 32.1. The summed E-state index contributed by atoms with van der Waals surface area (Å²) in [6.07, 6.45) is 1.84. The van der Waals surface area contributed by atoms with E-state index in [9.17, 15) is 0 Å². The Kier molecular flexibility index (Phi) is 4.71. The van der Waals surface area contributed by atoms with Crippen molar-refractivity contribution >= 4 is 17.3 Å². The van der Waals surface area contributed by atoms with Crippen LogP contribution in [0, 0.1) is 27.7 Å². The molecular formula is C23H26N4S. The molecule has 2 atom stereocenters. The van der Waals surface area contributed by atoms with Gasteiger partial charge in [0.2, 0.25) is 0 Å². The first-order valence-corrected chi connectivity index (χ1v) is 10.00. The maximum Gasteiger partial charge on any atom is 0.169 e. The largest absolute Gasteiger partial charge is 0.352 e. The highest BCUT2D eigenvalue weighted by molar-refractivity contribution is 7.80. The maximum atomic E-state index is 5.59. The first-order chi connectivity index (χ1) is 13.4. The molecule has 0 unspecified atom stereocenters. The summed E-state index contributed by atoms with van der Waals surface area (Å²) in [5.41, 5.74) is 8.55. The number of benzene rings is 1. The average Bonchev–Trinajstić information content (AvgIpc) is 3.13. The first-order valence-electron chi connectivity index (χ1n) is 9.59. The van der Waals surface area contributed by atoms with E-state index in [1.54, 1.807) is 0 Å². The molecule has 1 aliphatic heterocycles. The van der Waals surface area contributed by atoms with Gasteiger partial charge >= 0.3 is 0 Å². The molecule has 5 heteroatoms. The van der Waals surface area contributed by atoms with Gasteiger partial charge in [-0.3, -0.25) is 4.98 Å². The molecule has 28 heavy (non-hydrogen) atoms. The Balaban J connectivity index is 1.85. The average molecular weight is 391 g/mol. The molecule has 3 heterocycles. The van der Waals surface area contributed by atoms with Gasteiger partial charge in [-0.05, 0) is 80.9 Å². The lowest BCUT2D eigenvalue weighted by atomic mass is 9.97. The van der Waals surface area contributed by atoms with E-state index in [2.05, 4.69) is 84.8 Å². The van der Waals surface area contributed by atoms with Gasteiger partial charge in [0.05, 0.1) is 17.8 Å². The van der Waals surface area contributed by atoms with Crippen LogP contribution in [0.1, 0.15) is 45.9 Å². The van der Waals surface area contributed by atoms with Crippen LogP contribution in [0.15, 0.2) is 48.7 Å². The molecule has 1 aliphatic rings. The fourth-order valence-electron chi connectivity index (χ4n) is 4.27. The van der Waals surface area contributed by atoms with Crippen molar-refractivity contribution < 1.29 is 0 Å². The lowest BCUT2D eigenvalue weighted by Gasteiger charge is -2.24. The van der Waals surface area contributed by atoms with E-state index in [0.717, 1.165) is 10.8 Å². The number of hydrogen-bond acceptors (Lipinski definition) is 2. The Morgan fingerprint density at radius 3 is 2.54 bits per heavy atom. The number of nitrogens with zero attached hydrogens (tertiary/aromatic N) is 3. The highest BCUT2D eigenvalue weighted by Gasteiger charge is 2.39. The van der Waals surface area contributed by atoms with E-state index in [-0.39, 0.29) is 12.1 Å². The van der Waals surface area contributed by atoms with Crippen LogP contribution in [0.4, 0.5) is 0 Å². The van der Waals surface area contributed by atoms with E-state index >= 15 is 0 Å². The van der Waals surface area contributed by atoms with Crippen molar-refractivity contribution in [1.82, 2.24) is 19.8 Å². The van der Waals surface area contributed by atoms with Crippen molar-refractivity contribution in [3.63, 3.8) is 0 Å². The van der Waals surface area contributed by atoms with E-state index in [4.69, 9.17) is 12.2 Å². The Morgan fingerprint density at radius 1 is 1.04 bits per heavy atom. The molecule has 2 aromatic heterocycles. The molecule has 4 nitrogen and oxygen atoms in total. The standard InChI is InChI=1S/C23H26N4S/c1-14-9-10-15(2)20(12-14)27-16(3)13-18(17(27)4)22-21(25-23(28)26(22)5)19-8-6-7-11-24-19/h6-13,21-22H,1-5H3,(H,25,28)/t21-,22+/m1/s1. The summed E-state index contributed by atoms with van der Waals surface area (Å²) in [4.78, 5) is 6.75. The molecule has 0 radical (unpaired) electrons. The number of hydrogen-bond donors (Lipinski definition) is 1. The highest BCUT2D eigenvalue weighted by Crippen LogP contribution is 2.40. The van der Waals surface area contributed by atoms with Crippen LogP contribution < -0.4 is 5.32 Å². The number of likely N-dealkylation sites (N-methyl/N-ethyl adjacent to an activating group) is 1. The quantitative estimate of drug-likeness (QED) is 0.657.